The molecule has 6 N–H and O–H groups in total. The van der Waals surface area contributed by atoms with Gasteiger partial charge in [0.15, 0.2) is 5.96 Å². The first-order valence-electron chi connectivity index (χ1n) is 12.6. The normalized spacial score (nSPS) is 13.1. The number of nitrogens with zero attached hydrogens (tertiary/aromatic N) is 1. The Hall–Kier alpha value is -3.87. The maximum Gasteiger partial charge on any atom is 0.326 e. The lowest BCUT2D eigenvalue weighted by Crippen LogP contribution is -2.35. The number of amides is 1. The highest BCUT2D eigenvalue weighted by Crippen LogP contribution is 2.31. The molecule has 2 rings (SSSR count). The standard InChI is InChI=1S/C23H28.C7H14N4O3/c1-5-18(2)19(3)16-17-20(4)23(21-12-8-6-9-13-21)22-14-10-7-11-15-22;8-7(9)10-3-1-2-5(6(13)14)11-4-12/h6-18,23H,5H2,1-4H3;4-5H,1-3H2,(H,11,12)(H,13,14)(H4,8,9,10)/b19-16-,20-17+;. The van der Waals surface area contributed by atoms with Crippen molar-refractivity contribution in [3.63, 3.8) is 0 Å². The molecule has 0 saturated carbocycles. The largest absolute Gasteiger partial charge is 0.480 e. The first-order chi connectivity index (χ1) is 17.7. The van der Waals surface area contributed by atoms with Gasteiger partial charge in [0.25, 0.3) is 0 Å². The second kappa shape index (κ2) is 17.5. The molecule has 0 aromatic heterocycles. The minimum absolute atomic E-state index is 0.0276. The molecule has 0 fully saturated rings. The summed E-state index contributed by atoms with van der Waals surface area (Å²) in [6, 6.07) is 20.7. The smallest absolute Gasteiger partial charge is 0.326 e. The highest BCUT2D eigenvalue weighted by Gasteiger charge is 2.16. The predicted molar refractivity (Wildman–Crippen MR) is 152 cm³/mol. The van der Waals surface area contributed by atoms with Gasteiger partial charge >= 0.3 is 5.97 Å². The third-order valence-electron chi connectivity index (χ3n) is 6.23. The minimum Gasteiger partial charge on any atom is -0.480 e. The lowest BCUT2D eigenvalue weighted by molar-refractivity contribution is -0.140. The SMILES string of the molecule is CCC(C)/C(C)=C\C=C(/C)C(c1ccccc1)c1ccccc1.NC(N)=NCCCC(NC=O)C(=O)O. The van der Waals surface area contributed by atoms with Crippen molar-refractivity contribution < 1.29 is 14.7 Å². The summed E-state index contributed by atoms with van der Waals surface area (Å²) in [4.78, 5) is 24.2. The van der Waals surface area contributed by atoms with E-state index in [2.05, 4.69) is 111 Å². The molecular formula is C30H42N4O3. The van der Waals surface area contributed by atoms with Crippen LogP contribution in [-0.2, 0) is 9.59 Å². The van der Waals surface area contributed by atoms with Crippen LogP contribution in [0.15, 0.2) is 89.0 Å². The van der Waals surface area contributed by atoms with Crippen LogP contribution in [0.4, 0.5) is 0 Å². The number of rotatable bonds is 13. The molecule has 2 unspecified atom stereocenters. The molecule has 200 valence electrons. The maximum atomic E-state index is 10.5. The second-order valence-corrected chi connectivity index (χ2v) is 9.01. The summed E-state index contributed by atoms with van der Waals surface area (Å²) in [5.41, 5.74) is 15.7. The van der Waals surface area contributed by atoms with Crippen LogP contribution in [0.25, 0.3) is 0 Å². The van der Waals surface area contributed by atoms with E-state index in [1.807, 2.05) is 0 Å². The first kappa shape index (κ1) is 31.2. The number of carbonyl (C=O) groups excluding carboxylic acids is 1. The Morgan fingerprint density at radius 2 is 1.49 bits per heavy atom. The first-order valence-corrected chi connectivity index (χ1v) is 12.6. The van der Waals surface area contributed by atoms with Gasteiger partial charge in [-0.2, -0.15) is 0 Å². The molecule has 0 spiro atoms. The fourth-order valence-electron chi connectivity index (χ4n) is 3.72. The maximum absolute atomic E-state index is 10.5. The Bertz CT molecular complexity index is 990. The quantitative estimate of drug-likeness (QED) is 0.0999. The van der Waals surface area contributed by atoms with Crippen molar-refractivity contribution >= 4 is 18.3 Å². The number of carbonyl (C=O) groups is 2. The molecule has 0 aliphatic rings. The van der Waals surface area contributed by atoms with Gasteiger partial charge in [0.05, 0.1) is 0 Å². The van der Waals surface area contributed by atoms with Crippen LogP contribution >= 0.6 is 0 Å². The zero-order chi connectivity index (χ0) is 27.6. The van der Waals surface area contributed by atoms with Crippen molar-refractivity contribution in [1.82, 2.24) is 5.32 Å². The third-order valence-corrected chi connectivity index (χ3v) is 6.23. The molecule has 0 aliphatic heterocycles. The summed E-state index contributed by atoms with van der Waals surface area (Å²) in [7, 11) is 0. The highest BCUT2D eigenvalue weighted by atomic mass is 16.4. The molecule has 2 atom stereocenters. The van der Waals surface area contributed by atoms with Crippen molar-refractivity contribution in [2.24, 2.45) is 22.4 Å². The average Bonchev–Trinajstić information content (AvgIpc) is 2.90. The molecule has 37 heavy (non-hydrogen) atoms. The molecule has 0 bridgehead atoms. The molecule has 0 heterocycles. The summed E-state index contributed by atoms with van der Waals surface area (Å²) in [6.45, 7) is 9.37. The van der Waals surface area contributed by atoms with Gasteiger partial charge in [0.2, 0.25) is 6.41 Å². The van der Waals surface area contributed by atoms with Crippen molar-refractivity contribution in [3.05, 3.63) is 95.1 Å². The van der Waals surface area contributed by atoms with E-state index in [0.717, 1.165) is 0 Å². The van der Waals surface area contributed by atoms with E-state index >= 15 is 0 Å². The number of carboxylic acids is 1. The molecule has 0 saturated heterocycles. The molecule has 7 nitrogen and oxygen atoms in total. The minimum atomic E-state index is -1.07. The summed E-state index contributed by atoms with van der Waals surface area (Å²) in [5, 5.41) is 10.8. The zero-order valence-electron chi connectivity index (χ0n) is 22.4. The molecule has 2 aromatic rings. The fraction of sp³-hybridized carbons (Fsp3) is 0.367. The van der Waals surface area contributed by atoms with E-state index in [9.17, 15) is 9.59 Å². The summed E-state index contributed by atoms with van der Waals surface area (Å²) >= 11 is 0. The van der Waals surface area contributed by atoms with E-state index < -0.39 is 12.0 Å². The van der Waals surface area contributed by atoms with Crippen LogP contribution in [0, 0.1) is 5.92 Å². The number of aliphatic imine (C=N–C) groups is 1. The van der Waals surface area contributed by atoms with Gasteiger partial charge in [0.1, 0.15) is 6.04 Å². The lowest BCUT2D eigenvalue weighted by Gasteiger charge is -2.19. The number of carboxylic acid groups (broad SMARTS) is 1. The lowest BCUT2D eigenvalue weighted by atomic mass is 9.85. The topological polar surface area (TPSA) is 131 Å². The summed E-state index contributed by atoms with van der Waals surface area (Å²) < 4.78 is 0. The van der Waals surface area contributed by atoms with Crippen molar-refractivity contribution in [2.45, 2.75) is 58.9 Å². The summed E-state index contributed by atoms with van der Waals surface area (Å²) in [6.07, 6.45) is 6.93. The van der Waals surface area contributed by atoms with Gasteiger partial charge in [-0.25, -0.2) is 4.79 Å². The summed E-state index contributed by atoms with van der Waals surface area (Å²) in [5.74, 6) is -0.133. The van der Waals surface area contributed by atoms with Gasteiger partial charge in [0, 0.05) is 12.5 Å². The van der Waals surface area contributed by atoms with Crippen LogP contribution in [0.1, 0.15) is 64.0 Å². The van der Waals surface area contributed by atoms with E-state index in [1.165, 1.54) is 28.7 Å². The van der Waals surface area contributed by atoms with Gasteiger partial charge in [-0.1, -0.05) is 97.8 Å². The van der Waals surface area contributed by atoms with Crippen LogP contribution in [0.5, 0.6) is 0 Å². The van der Waals surface area contributed by atoms with Gasteiger partial charge in [-0.15, -0.1) is 0 Å². The number of allylic oxidation sites excluding steroid dienone is 4. The van der Waals surface area contributed by atoms with E-state index in [4.69, 9.17) is 16.6 Å². The molecular weight excluding hydrogens is 464 g/mol. The Labute approximate surface area is 221 Å². The number of nitrogens with two attached hydrogens (primary N) is 2. The second-order valence-electron chi connectivity index (χ2n) is 9.01. The van der Waals surface area contributed by atoms with E-state index in [0.29, 0.717) is 37.6 Å². The molecule has 7 heteroatoms. The fourth-order valence-corrected chi connectivity index (χ4v) is 3.72. The van der Waals surface area contributed by atoms with Crippen LogP contribution in [-0.4, -0.2) is 36.0 Å². The third kappa shape index (κ3) is 12.1. The van der Waals surface area contributed by atoms with E-state index in [1.54, 1.807) is 0 Å². The van der Waals surface area contributed by atoms with Crippen molar-refractivity contribution in [1.29, 1.82) is 0 Å². The Balaban J connectivity index is 0.000000422. The van der Waals surface area contributed by atoms with Crippen molar-refractivity contribution in [2.75, 3.05) is 6.54 Å². The Morgan fingerprint density at radius 1 is 0.973 bits per heavy atom. The number of nitrogens with one attached hydrogen (secondary N) is 1. The van der Waals surface area contributed by atoms with E-state index in [-0.39, 0.29) is 5.96 Å². The number of hydrogen-bond donors (Lipinski definition) is 4. The van der Waals surface area contributed by atoms with Gasteiger partial charge in [-0.05, 0) is 50.2 Å². The van der Waals surface area contributed by atoms with Crippen LogP contribution in [0.2, 0.25) is 0 Å². The molecule has 2 aromatic carbocycles. The van der Waals surface area contributed by atoms with Crippen molar-refractivity contribution in [3.8, 4) is 0 Å². The Morgan fingerprint density at radius 3 is 1.92 bits per heavy atom. The predicted octanol–water partition coefficient (Wildman–Crippen LogP) is 5.00. The highest BCUT2D eigenvalue weighted by molar-refractivity contribution is 5.76. The molecule has 0 radical (unpaired) electrons. The van der Waals surface area contributed by atoms with Crippen LogP contribution < -0.4 is 16.8 Å². The number of guanidine groups is 1. The van der Waals surface area contributed by atoms with Gasteiger partial charge < -0.3 is 21.9 Å². The number of hydrogen-bond acceptors (Lipinski definition) is 3. The number of benzene rings is 2. The molecule has 1 amide bonds. The monoisotopic (exact) mass is 506 g/mol. The zero-order valence-corrected chi connectivity index (χ0v) is 22.4. The molecule has 0 aliphatic carbocycles. The van der Waals surface area contributed by atoms with Gasteiger partial charge in [-0.3, -0.25) is 9.79 Å². The number of aliphatic carboxylic acids is 1. The average molecular weight is 507 g/mol. The Kier molecular flexibility index (Phi) is 14.8. The van der Waals surface area contributed by atoms with Crippen LogP contribution in [0.3, 0.4) is 0 Å².